The van der Waals surface area contributed by atoms with Gasteiger partial charge in [-0.15, -0.1) is 0 Å². The van der Waals surface area contributed by atoms with Crippen LogP contribution < -0.4 is 5.73 Å². The van der Waals surface area contributed by atoms with Gasteiger partial charge in [-0.25, -0.2) is 0 Å². The van der Waals surface area contributed by atoms with E-state index >= 15 is 0 Å². The first-order chi connectivity index (χ1) is 6.11. The van der Waals surface area contributed by atoms with E-state index in [-0.39, 0.29) is 6.04 Å². The molecule has 1 aromatic carbocycles. The fourth-order valence-electron chi connectivity index (χ4n) is 1.09. The molecule has 0 spiro atoms. The van der Waals surface area contributed by atoms with Gasteiger partial charge in [0.15, 0.2) is 0 Å². The summed E-state index contributed by atoms with van der Waals surface area (Å²) >= 11 is 0. The molecule has 2 heteroatoms. The number of phenolic OH excluding ortho intramolecular Hbond substituents is 1. The molecule has 0 aliphatic carbocycles. The van der Waals surface area contributed by atoms with E-state index in [1.807, 2.05) is 19.1 Å². The Morgan fingerprint density at radius 3 is 2.69 bits per heavy atom. The summed E-state index contributed by atoms with van der Waals surface area (Å²) in [6.45, 7) is 5.67. The van der Waals surface area contributed by atoms with Crippen molar-refractivity contribution < 1.29 is 5.11 Å². The van der Waals surface area contributed by atoms with E-state index < -0.39 is 0 Å². The maximum Gasteiger partial charge on any atom is 0.118 e. The van der Waals surface area contributed by atoms with Crippen LogP contribution in [-0.4, -0.2) is 11.1 Å². The topological polar surface area (TPSA) is 46.2 Å². The lowest BCUT2D eigenvalue weighted by atomic mass is 10.0. The van der Waals surface area contributed by atoms with Gasteiger partial charge in [0, 0.05) is 6.04 Å². The molecule has 0 saturated carbocycles. The van der Waals surface area contributed by atoms with Gasteiger partial charge < -0.3 is 10.8 Å². The predicted octanol–water partition coefficient (Wildman–Crippen LogP) is 1.84. The van der Waals surface area contributed by atoms with Gasteiger partial charge in [0.05, 0.1) is 0 Å². The highest BCUT2D eigenvalue weighted by atomic mass is 16.3. The fourth-order valence-corrected chi connectivity index (χ4v) is 1.09. The maximum atomic E-state index is 9.46. The molecule has 1 aromatic rings. The Morgan fingerprint density at radius 2 is 2.15 bits per heavy atom. The molecule has 0 aliphatic rings. The average molecular weight is 177 g/mol. The summed E-state index contributed by atoms with van der Waals surface area (Å²) in [5.74, 6) is 0.305. The minimum atomic E-state index is -0.0756. The molecule has 0 bridgehead atoms. The van der Waals surface area contributed by atoms with Crippen molar-refractivity contribution in [3.63, 3.8) is 0 Å². The number of para-hydroxylation sites is 1. The Balaban J connectivity index is 2.74. The quantitative estimate of drug-likeness (QED) is 0.692. The summed E-state index contributed by atoms with van der Waals surface area (Å²) < 4.78 is 0. The molecule has 0 saturated heterocycles. The second kappa shape index (κ2) is 4.10. The van der Waals surface area contributed by atoms with Crippen molar-refractivity contribution in [3.05, 3.63) is 42.0 Å². The van der Waals surface area contributed by atoms with Crippen LogP contribution in [0.25, 0.3) is 0 Å². The Kier molecular flexibility index (Phi) is 3.09. The molecular formula is C11H15NO. The minimum absolute atomic E-state index is 0.0756. The molecule has 1 rings (SSSR count). The van der Waals surface area contributed by atoms with E-state index in [9.17, 15) is 5.11 Å². The van der Waals surface area contributed by atoms with Crippen LogP contribution in [0.5, 0.6) is 5.75 Å². The van der Waals surface area contributed by atoms with Gasteiger partial charge in [0.25, 0.3) is 0 Å². The number of hydrogen-bond donors (Lipinski definition) is 2. The Hall–Kier alpha value is -1.28. The standard InChI is InChI=1S/C11H15NO/c1-8(2)10(12)7-9-5-3-4-6-11(9)13/h3-6,10,13H,1,7,12H2,2H3/t10-/m0/s1. The molecule has 0 fully saturated rings. The molecule has 1 atom stereocenters. The van der Waals surface area contributed by atoms with Crippen LogP contribution in [0, 0.1) is 0 Å². The fraction of sp³-hybridized carbons (Fsp3) is 0.273. The minimum Gasteiger partial charge on any atom is -0.508 e. The van der Waals surface area contributed by atoms with Gasteiger partial charge in [-0.2, -0.15) is 0 Å². The molecule has 13 heavy (non-hydrogen) atoms. The summed E-state index contributed by atoms with van der Waals surface area (Å²) in [4.78, 5) is 0. The van der Waals surface area contributed by atoms with Crippen molar-refractivity contribution in [2.45, 2.75) is 19.4 Å². The molecule has 0 amide bonds. The van der Waals surface area contributed by atoms with Gasteiger partial charge in [-0.1, -0.05) is 30.4 Å². The summed E-state index contributed by atoms with van der Waals surface area (Å²) in [5.41, 5.74) is 7.61. The molecule has 3 N–H and O–H groups in total. The molecule has 0 radical (unpaired) electrons. The number of benzene rings is 1. The lowest BCUT2D eigenvalue weighted by molar-refractivity contribution is 0.466. The third-order valence-electron chi connectivity index (χ3n) is 2.06. The molecule has 0 unspecified atom stereocenters. The number of phenols is 1. The van der Waals surface area contributed by atoms with Gasteiger partial charge in [0.1, 0.15) is 5.75 Å². The smallest absolute Gasteiger partial charge is 0.118 e. The Bertz CT molecular complexity index is 307. The van der Waals surface area contributed by atoms with Crippen molar-refractivity contribution >= 4 is 0 Å². The van der Waals surface area contributed by atoms with Crippen molar-refractivity contribution in [3.8, 4) is 5.75 Å². The third kappa shape index (κ3) is 2.60. The molecule has 70 valence electrons. The van der Waals surface area contributed by atoms with Gasteiger partial charge in [-0.05, 0) is 25.0 Å². The van der Waals surface area contributed by atoms with Crippen molar-refractivity contribution in [1.29, 1.82) is 0 Å². The molecule has 0 aliphatic heterocycles. The first-order valence-electron chi connectivity index (χ1n) is 4.29. The van der Waals surface area contributed by atoms with Crippen molar-refractivity contribution in [1.82, 2.24) is 0 Å². The van der Waals surface area contributed by atoms with Crippen LogP contribution >= 0.6 is 0 Å². The van der Waals surface area contributed by atoms with Gasteiger partial charge in [-0.3, -0.25) is 0 Å². The summed E-state index contributed by atoms with van der Waals surface area (Å²) in [6.07, 6.45) is 0.641. The monoisotopic (exact) mass is 177 g/mol. The van der Waals surface area contributed by atoms with E-state index in [0.29, 0.717) is 12.2 Å². The van der Waals surface area contributed by atoms with Crippen molar-refractivity contribution in [2.75, 3.05) is 0 Å². The van der Waals surface area contributed by atoms with Gasteiger partial charge in [0.2, 0.25) is 0 Å². The van der Waals surface area contributed by atoms with E-state index in [1.165, 1.54) is 0 Å². The van der Waals surface area contributed by atoms with Crippen LogP contribution in [0.4, 0.5) is 0 Å². The lowest BCUT2D eigenvalue weighted by Crippen LogP contribution is -2.23. The maximum absolute atomic E-state index is 9.46. The summed E-state index contributed by atoms with van der Waals surface area (Å²) in [5, 5.41) is 9.46. The predicted molar refractivity (Wildman–Crippen MR) is 54.6 cm³/mol. The normalized spacial score (nSPS) is 12.5. The average Bonchev–Trinajstić information content (AvgIpc) is 2.08. The highest BCUT2D eigenvalue weighted by molar-refractivity contribution is 5.33. The number of rotatable bonds is 3. The summed E-state index contributed by atoms with van der Waals surface area (Å²) in [6, 6.07) is 7.15. The highest BCUT2D eigenvalue weighted by Crippen LogP contribution is 2.18. The zero-order valence-corrected chi connectivity index (χ0v) is 7.83. The third-order valence-corrected chi connectivity index (χ3v) is 2.06. The zero-order chi connectivity index (χ0) is 9.84. The van der Waals surface area contributed by atoms with Crippen LogP contribution in [-0.2, 0) is 6.42 Å². The van der Waals surface area contributed by atoms with E-state index in [0.717, 1.165) is 11.1 Å². The van der Waals surface area contributed by atoms with Crippen LogP contribution in [0.15, 0.2) is 36.4 Å². The van der Waals surface area contributed by atoms with Crippen LogP contribution in [0.2, 0.25) is 0 Å². The number of hydrogen-bond acceptors (Lipinski definition) is 2. The van der Waals surface area contributed by atoms with E-state index in [1.54, 1.807) is 12.1 Å². The second-order valence-electron chi connectivity index (χ2n) is 3.29. The second-order valence-corrected chi connectivity index (χ2v) is 3.29. The Morgan fingerprint density at radius 1 is 1.54 bits per heavy atom. The zero-order valence-electron chi connectivity index (χ0n) is 7.83. The van der Waals surface area contributed by atoms with Crippen LogP contribution in [0.1, 0.15) is 12.5 Å². The van der Waals surface area contributed by atoms with Crippen molar-refractivity contribution in [2.24, 2.45) is 5.73 Å². The first kappa shape index (κ1) is 9.81. The highest BCUT2D eigenvalue weighted by Gasteiger charge is 2.06. The Labute approximate surface area is 78.7 Å². The number of aromatic hydroxyl groups is 1. The number of nitrogens with two attached hydrogens (primary N) is 1. The molecule has 0 aromatic heterocycles. The summed E-state index contributed by atoms with van der Waals surface area (Å²) in [7, 11) is 0. The molecule has 2 nitrogen and oxygen atoms in total. The lowest BCUT2D eigenvalue weighted by Gasteiger charge is -2.11. The first-order valence-corrected chi connectivity index (χ1v) is 4.29. The van der Waals surface area contributed by atoms with Gasteiger partial charge >= 0.3 is 0 Å². The largest absolute Gasteiger partial charge is 0.508 e. The SMILES string of the molecule is C=C(C)[C@@H](N)Cc1ccccc1O. The van der Waals surface area contributed by atoms with E-state index in [2.05, 4.69) is 6.58 Å². The van der Waals surface area contributed by atoms with Crippen LogP contribution in [0.3, 0.4) is 0 Å². The molecule has 0 heterocycles. The molecular weight excluding hydrogens is 162 g/mol. The van der Waals surface area contributed by atoms with E-state index in [4.69, 9.17) is 5.73 Å².